The normalized spacial score (nSPS) is 10.8. The van der Waals surface area contributed by atoms with Crippen LogP contribution in [-0.2, 0) is 13.1 Å². The molecule has 0 N–H and O–H groups in total. The molecule has 0 spiro atoms. The van der Waals surface area contributed by atoms with Gasteiger partial charge in [-0.2, -0.15) is 0 Å². The molecule has 0 fully saturated rings. The summed E-state index contributed by atoms with van der Waals surface area (Å²) < 4.78 is 3.57. The second kappa shape index (κ2) is 4.71. The fraction of sp³-hybridized carbons (Fsp3) is 0.364. The summed E-state index contributed by atoms with van der Waals surface area (Å²) >= 11 is 5.72. The number of halogens is 1. The molecular weight excluding hydrogens is 240 g/mol. The third kappa shape index (κ3) is 2.39. The number of imidazole rings is 1. The van der Waals surface area contributed by atoms with Crippen LogP contribution in [0.3, 0.4) is 0 Å². The van der Waals surface area contributed by atoms with E-state index in [0.717, 1.165) is 12.2 Å². The van der Waals surface area contributed by atoms with E-state index in [4.69, 9.17) is 11.6 Å². The molecule has 0 amide bonds. The summed E-state index contributed by atoms with van der Waals surface area (Å²) in [5, 5.41) is 0.229. The van der Waals surface area contributed by atoms with Gasteiger partial charge in [0.15, 0.2) is 0 Å². The first kappa shape index (κ1) is 11.9. The van der Waals surface area contributed by atoms with E-state index in [2.05, 4.69) is 9.97 Å². The molecule has 2 rings (SSSR count). The van der Waals surface area contributed by atoms with Crippen molar-refractivity contribution in [1.29, 1.82) is 0 Å². The Hall–Kier alpha value is -1.62. The minimum Gasteiger partial charge on any atom is -0.333 e. The molecule has 0 aliphatic rings. The number of hydrogen-bond donors (Lipinski definition) is 0. The number of nitrogens with zero attached hydrogens (tertiary/aromatic N) is 4. The molecule has 2 heterocycles. The number of aromatic nitrogens is 4. The Morgan fingerprint density at radius 1 is 1.47 bits per heavy atom. The average Bonchev–Trinajstić information content (AvgIpc) is 2.70. The van der Waals surface area contributed by atoms with Gasteiger partial charge in [0, 0.05) is 18.8 Å². The van der Waals surface area contributed by atoms with Crippen LogP contribution in [0.25, 0.3) is 0 Å². The van der Waals surface area contributed by atoms with Crippen molar-refractivity contribution in [1.82, 2.24) is 19.1 Å². The molecule has 2 aromatic rings. The summed E-state index contributed by atoms with van der Waals surface area (Å²) in [6.45, 7) is 5.08. The molecule has 2 aromatic heterocycles. The van der Waals surface area contributed by atoms with E-state index in [1.165, 1.54) is 6.07 Å². The van der Waals surface area contributed by atoms with Crippen LogP contribution in [0.1, 0.15) is 18.4 Å². The predicted molar refractivity (Wildman–Crippen MR) is 65.2 cm³/mol. The lowest BCUT2D eigenvalue weighted by Gasteiger charge is -2.10. The zero-order valence-corrected chi connectivity index (χ0v) is 10.5. The highest BCUT2D eigenvalue weighted by Crippen LogP contribution is 2.05. The Balaban J connectivity index is 2.40. The van der Waals surface area contributed by atoms with Gasteiger partial charge in [-0.25, -0.2) is 9.97 Å². The summed E-state index contributed by atoms with van der Waals surface area (Å²) in [5.41, 5.74) is 0.827. The molecule has 17 heavy (non-hydrogen) atoms. The van der Waals surface area contributed by atoms with Crippen molar-refractivity contribution in [2.45, 2.75) is 26.9 Å². The van der Waals surface area contributed by atoms with Gasteiger partial charge in [0.1, 0.15) is 11.0 Å². The minimum atomic E-state index is -0.147. The Morgan fingerprint density at radius 3 is 2.88 bits per heavy atom. The summed E-state index contributed by atoms with van der Waals surface area (Å²) in [7, 11) is 0. The van der Waals surface area contributed by atoms with Crippen molar-refractivity contribution < 1.29 is 0 Å². The molecule has 5 nitrogen and oxygen atoms in total. The smallest absolute Gasteiger partial charge is 0.255 e. The quantitative estimate of drug-likeness (QED) is 0.778. The summed E-state index contributed by atoms with van der Waals surface area (Å²) in [4.78, 5) is 19.9. The Labute approximate surface area is 104 Å². The predicted octanol–water partition coefficient (Wildman–Crippen LogP) is 1.47. The summed E-state index contributed by atoms with van der Waals surface area (Å²) in [6, 6.07) is 1.32. The fourth-order valence-corrected chi connectivity index (χ4v) is 1.92. The SMILES string of the molecule is CCn1cncc1Cn1c(C)nc(Cl)cc1=O. The molecular formula is C11H13ClN4O. The molecule has 0 saturated carbocycles. The maximum absolute atomic E-state index is 11.8. The second-order valence-corrected chi connectivity index (χ2v) is 4.11. The van der Waals surface area contributed by atoms with Crippen LogP contribution in [0.15, 0.2) is 23.4 Å². The van der Waals surface area contributed by atoms with E-state index in [-0.39, 0.29) is 10.7 Å². The van der Waals surface area contributed by atoms with E-state index in [1.807, 2.05) is 11.5 Å². The average molecular weight is 253 g/mol. The van der Waals surface area contributed by atoms with Gasteiger partial charge in [-0.15, -0.1) is 0 Å². The monoisotopic (exact) mass is 252 g/mol. The molecule has 0 atom stereocenters. The van der Waals surface area contributed by atoms with Gasteiger partial charge in [-0.1, -0.05) is 11.6 Å². The van der Waals surface area contributed by atoms with Crippen LogP contribution in [0.5, 0.6) is 0 Å². The topological polar surface area (TPSA) is 52.7 Å². The largest absolute Gasteiger partial charge is 0.333 e. The van der Waals surface area contributed by atoms with Gasteiger partial charge in [-0.3, -0.25) is 9.36 Å². The molecule has 0 aliphatic carbocycles. The number of hydrogen-bond acceptors (Lipinski definition) is 3. The number of rotatable bonds is 3. The lowest BCUT2D eigenvalue weighted by Crippen LogP contribution is -2.24. The highest BCUT2D eigenvalue weighted by molar-refractivity contribution is 6.29. The molecule has 0 bridgehead atoms. The van der Waals surface area contributed by atoms with Gasteiger partial charge in [0.25, 0.3) is 5.56 Å². The van der Waals surface area contributed by atoms with Crippen LogP contribution in [0.4, 0.5) is 0 Å². The second-order valence-electron chi connectivity index (χ2n) is 3.72. The third-order valence-electron chi connectivity index (χ3n) is 2.63. The highest BCUT2D eigenvalue weighted by Gasteiger charge is 2.07. The Kier molecular flexibility index (Phi) is 3.28. The minimum absolute atomic E-state index is 0.147. The van der Waals surface area contributed by atoms with E-state index in [9.17, 15) is 4.79 Å². The lowest BCUT2D eigenvalue weighted by molar-refractivity contribution is 0.633. The molecule has 0 radical (unpaired) electrons. The first-order valence-electron chi connectivity index (χ1n) is 5.34. The van der Waals surface area contributed by atoms with E-state index in [0.29, 0.717) is 12.4 Å². The van der Waals surface area contributed by atoms with Crippen LogP contribution < -0.4 is 5.56 Å². The number of aryl methyl sites for hydroxylation is 2. The van der Waals surface area contributed by atoms with Crippen molar-refractivity contribution in [3.05, 3.63) is 45.6 Å². The van der Waals surface area contributed by atoms with Crippen molar-refractivity contribution >= 4 is 11.6 Å². The molecule has 0 unspecified atom stereocenters. The fourth-order valence-electron chi connectivity index (χ4n) is 1.71. The van der Waals surface area contributed by atoms with E-state index >= 15 is 0 Å². The maximum Gasteiger partial charge on any atom is 0.255 e. The van der Waals surface area contributed by atoms with Crippen molar-refractivity contribution in [2.75, 3.05) is 0 Å². The molecule has 0 aromatic carbocycles. The third-order valence-corrected chi connectivity index (χ3v) is 2.82. The molecule has 0 aliphatic heterocycles. The van der Waals surface area contributed by atoms with Crippen LogP contribution >= 0.6 is 11.6 Å². The van der Waals surface area contributed by atoms with Gasteiger partial charge < -0.3 is 4.57 Å². The van der Waals surface area contributed by atoms with Crippen LogP contribution in [0, 0.1) is 6.92 Å². The van der Waals surface area contributed by atoms with Crippen LogP contribution in [0.2, 0.25) is 5.15 Å². The lowest BCUT2D eigenvalue weighted by atomic mass is 10.4. The Morgan fingerprint density at radius 2 is 2.24 bits per heavy atom. The Bertz CT molecular complexity index is 587. The van der Waals surface area contributed by atoms with Gasteiger partial charge >= 0.3 is 0 Å². The van der Waals surface area contributed by atoms with Gasteiger partial charge in [-0.05, 0) is 13.8 Å². The van der Waals surface area contributed by atoms with E-state index in [1.54, 1.807) is 24.0 Å². The standard InChI is InChI=1S/C11H13ClN4O/c1-3-15-7-13-5-9(15)6-16-8(2)14-10(12)4-11(16)17/h4-5,7H,3,6H2,1-2H3. The summed E-state index contributed by atoms with van der Waals surface area (Å²) in [5.74, 6) is 0.603. The molecule has 6 heteroatoms. The first-order valence-corrected chi connectivity index (χ1v) is 5.72. The van der Waals surface area contributed by atoms with Crippen molar-refractivity contribution in [2.24, 2.45) is 0 Å². The van der Waals surface area contributed by atoms with Crippen molar-refractivity contribution in [3.63, 3.8) is 0 Å². The van der Waals surface area contributed by atoms with Gasteiger partial charge in [0.05, 0.1) is 18.6 Å². The van der Waals surface area contributed by atoms with E-state index < -0.39 is 0 Å². The van der Waals surface area contributed by atoms with Crippen LogP contribution in [-0.4, -0.2) is 19.1 Å². The first-order chi connectivity index (χ1) is 8.11. The highest BCUT2D eigenvalue weighted by atomic mass is 35.5. The van der Waals surface area contributed by atoms with Gasteiger partial charge in [0.2, 0.25) is 0 Å². The zero-order valence-electron chi connectivity index (χ0n) is 9.72. The summed E-state index contributed by atoms with van der Waals surface area (Å²) in [6.07, 6.45) is 3.50. The zero-order chi connectivity index (χ0) is 12.4. The molecule has 0 saturated heterocycles. The van der Waals surface area contributed by atoms with Crippen molar-refractivity contribution in [3.8, 4) is 0 Å². The maximum atomic E-state index is 11.8. The molecule has 90 valence electrons.